The van der Waals surface area contributed by atoms with Crippen LogP contribution in [0.5, 0.6) is 0 Å². The summed E-state index contributed by atoms with van der Waals surface area (Å²) in [6.45, 7) is 1.94. The Morgan fingerprint density at radius 2 is 2.28 bits per heavy atom. The Morgan fingerprint density at radius 3 is 2.94 bits per heavy atom. The van der Waals surface area contributed by atoms with E-state index in [0.29, 0.717) is 34.4 Å². The number of ether oxygens (including phenoxy) is 1. The molecule has 0 radical (unpaired) electrons. The number of nitrogens with zero attached hydrogens (tertiary/aromatic N) is 2. The van der Waals surface area contributed by atoms with E-state index in [4.69, 9.17) is 26.6 Å². The molecule has 18 heavy (non-hydrogen) atoms. The van der Waals surface area contributed by atoms with Gasteiger partial charge in [-0.15, -0.1) is 0 Å². The van der Waals surface area contributed by atoms with Crippen molar-refractivity contribution in [3.63, 3.8) is 0 Å². The van der Waals surface area contributed by atoms with Crippen LogP contribution in [0.15, 0.2) is 22.7 Å². The van der Waals surface area contributed by atoms with Gasteiger partial charge in [-0.2, -0.15) is 4.98 Å². The van der Waals surface area contributed by atoms with Crippen molar-refractivity contribution in [2.45, 2.75) is 19.4 Å². The second kappa shape index (κ2) is 5.37. The van der Waals surface area contributed by atoms with Gasteiger partial charge in [-0.3, -0.25) is 0 Å². The number of hydrogen-bond acceptors (Lipinski definition) is 5. The molecule has 2 rings (SSSR count). The molecule has 1 aromatic carbocycles. The average Bonchev–Trinajstić information content (AvgIpc) is 2.77. The molecule has 0 spiro atoms. The maximum Gasteiger partial charge on any atom is 0.260 e. The number of aromatic nitrogens is 2. The second-order valence-electron chi connectivity index (χ2n) is 4.00. The fourth-order valence-electron chi connectivity index (χ4n) is 1.52. The van der Waals surface area contributed by atoms with Gasteiger partial charge in [-0.25, -0.2) is 0 Å². The summed E-state index contributed by atoms with van der Waals surface area (Å²) in [4.78, 5) is 4.28. The summed E-state index contributed by atoms with van der Waals surface area (Å²) in [5.41, 5.74) is 7.05. The van der Waals surface area contributed by atoms with Crippen molar-refractivity contribution >= 4 is 17.3 Å². The molecule has 0 saturated heterocycles. The number of halogens is 1. The predicted molar refractivity (Wildman–Crippen MR) is 69.3 cm³/mol. The van der Waals surface area contributed by atoms with Crippen LogP contribution >= 0.6 is 11.6 Å². The summed E-state index contributed by atoms with van der Waals surface area (Å²) >= 11 is 5.83. The first-order chi connectivity index (χ1) is 8.60. The van der Waals surface area contributed by atoms with Crippen LogP contribution in [-0.4, -0.2) is 23.4 Å². The van der Waals surface area contributed by atoms with Crippen LogP contribution < -0.4 is 5.73 Å². The first-order valence-electron chi connectivity index (χ1n) is 5.51. The summed E-state index contributed by atoms with van der Waals surface area (Å²) in [5, 5.41) is 4.46. The highest BCUT2D eigenvalue weighted by Crippen LogP contribution is 2.27. The topological polar surface area (TPSA) is 74.2 Å². The van der Waals surface area contributed by atoms with Crippen molar-refractivity contribution in [3.8, 4) is 11.5 Å². The Labute approximate surface area is 110 Å². The van der Waals surface area contributed by atoms with E-state index in [2.05, 4.69) is 10.1 Å². The van der Waals surface area contributed by atoms with E-state index in [-0.39, 0.29) is 6.10 Å². The Kier molecular flexibility index (Phi) is 3.84. The van der Waals surface area contributed by atoms with Crippen molar-refractivity contribution in [2.24, 2.45) is 0 Å². The smallest absolute Gasteiger partial charge is 0.260 e. The maximum absolute atomic E-state index is 5.85. The molecule has 96 valence electrons. The highest BCUT2D eigenvalue weighted by atomic mass is 35.5. The molecule has 5 nitrogen and oxygen atoms in total. The van der Waals surface area contributed by atoms with Crippen LogP contribution in [0, 0.1) is 0 Å². The molecule has 0 saturated carbocycles. The van der Waals surface area contributed by atoms with E-state index in [0.717, 1.165) is 0 Å². The second-order valence-corrected chi connectivity index (χ2v) is 4.43. The largest absolute Gasteiger partial charge is 0.398 e. The number of rotatable bonds is 4. The Morgan fingerprint density at radius 1 is 1.50 bits per heavy atom. The minimum atomic E-state index is 0.0398. The van der Waals surface area contributed by atoms with Crippen LogP contribution in [0.1, 0.15) is 12.7 Å². The van der Waals surface area contributed by atoms with Gasteiger partial charge in [0, 0.05) is 24.2 Å². The summed E-state index contributed by atoms with van der Waals surface area (Å²) in [6, 6.07) is 5.14. The fraction of sp³-hybridized carbons (Fsp3) is 0.333. The quantitative estimate of drug-likeness (QED) is 0.862. The minimum Gasteiger partial charge on any atom is -0.398 e. The summed E-state index contributed by atoms with van der Waals surface area (Å²) < 4.78 is 10.3. The summed E-state index contributed by atoms with van der Waals surface area (Å²) in [7, 11) is 1.64. The summed E-state index contributed by atoms with van der Waals surface area (Å²) in [6.07, 6.45) is 0.631. The van der Waals surface area contributed by atoms with Gasteiger partial charge in [0.25, 0.3) is 5.89 Å². The number of anilines is 1. The zero-order valence-corrected chi connectivity index (χ0v) is 10.9. The third kappa shape index (κ3) is 2.80. The first kappa shape index (κ1) is 12.9. The number of methoxy groups -OCH3 is 1. The average molecular weight is 268 g/mol. The van der Waals surface area contributed by atoms with Crippen molar-refractivity contribution < 1.29 is 9.26 Å². The van der Waals surface area contributed by atoms with E-state index in [1.54, 1.807) is 25.3 Å². The molecular weight excluding hydrogens is 254 g/mol. The zero-order valence-electron chi connectivity index (χ0n) is 10.2. The number of benzene rings is 1. The first-order valence-corrected chi connectivity index (χ1v) is 5.88. The summed E-state index contributed by atoms with van der Waals surface area (Å²) in [5.74, 6) is 0.983. The standard InChI is InChI=1S/C12H14ClN3O2/c1-7(17-2)5-11-15-12(18-16-11)9-4-3-8(13)6-10(9)14/h3-4,6-7H,5,14H2,1-2H3. The maximum atomic E-state index is 5.85. The molecule has 0 aliphatic heterocycles. The lowest BCUT2D eigenvalue weighted by Gasteiger charge is -2.04. The molecule has 1 aromatic heterocycles. The number of hydrogen-bond donors (Lipinski definition) is 1. The van der Waals surface area contributed by atoms with E-state index >= 15 is 0 Å². The van der Waals surface area contributed by atoms with E-state index in [1.165, 1.54) is 0 Å². The molecule has 0 aliphatic carbocycles. The molecule has 0 fully saturated rings. The van der Waals surface area contributed by atoms with Crippen LogP contribution in [0.25, 0.3) is 11.5 Å². The molecule has 1 unspecified atom stereocenters. The van der Waals surface area contributed by atoms with Crippen LogP contribution in [-0.2, 0) is 11.2 Å². The van der Waals surface area contributed by atoms with Gasteiger partial charge in [0.1, 0.15) is 0 Å². The van der Waals surface area contributed by atoms with Gasteiger partial charge >= 0.3 is 0 Å². The minimum absolute atomic E-state index is 0.0398. The number of nitrogen functional groups attached to an aromatic ring is 1. The SMILES string of the molecule is COC(C)Cc1noc(-c2ccc(Cl)cc2N)n1. The van der Waals surface area contributed by atoms with E-state index in [9.17, 15) is 0 Å². The fourth-order valence-corrected chi connectivity index (χ4v) is 1.70. The van der Waals surface area contributed by atoms with Crippen LogP contribution in [0.2, 0.25) is 5.02 Å². The Hall–Kier alpha value is -1.59. The van der Waals surface area contributed by atoms with Gasteiger partial charge in [0.2, 0.25) is 0 Å². The lowest BCUT2D eigenvalue weighted by Crippen LogP contribution is -2.09. The van der Waals surface area contributed by atoms with Gasteiger partial charge in [-0.1, -0.05) is 16.8 Å². The molecule has 0 bridgehead atoms. The van der Waals surface area contributed by atoms with Crippen LogP contribution in [0.4, 0.5) is 5.69 Å². The molecular formula is C12H14ClN3O2. The van der Waals surface area contributed by atoms with Crippen molar-refractivity contribution in [2.75, 3.05) is 12.8 Å². The van der Waals surface area contributed by atoms with E-state index in [1.807, 2.05) is 6.92 Å². The van der Waals surface area contributed by atoms with Gasteiger partial charge < -0.3 is 15.0 Å². The zero-order chi connectivity index (χ0) is 13.1. The van der Waals surface area contributed by atoms with E-state index < -0.39 is 0 Å². The molecule has 1 heterocycles. The molecule has 1 atom stereocenters. The normalized spacial score (nSPS) is 12.6. The molecule has 2 N–H and O–H groups in total. The highest BCUT2D eigenvalue weighted by Gasteiger charge is 2.13. The van der Waals surface area contributed by atoms with Gasteiger partial charge in [0.15, 0.2) is 5.82 Å². The monoisotopic (exact) mass is 267 g/mol. The van der Waals surface area contributed by atoms with Crippen molar-refractivity contribution in [3.05, 3.63) is 29.0 Å². The highest BCUT2D eigenvalue weighted by molar-refractivity contribution is 6.31. The van der Waals surface area contributed by atoms with Gasteiger partial charge in [0.05, 0.1) is 11.7 Å². The Bertz CT molecular complexity index is 542. The Balaban J connectivity index is 2.24. The van der Waals surface area contributed by atoms with Crippen LogP contribution in [0.3, 0.4) is 0 Å². The third-order valence-corrected chi connectivity index (χ3v) is 2.82. The third-order valence-electron chi connectivity index (χ3n) is 2.58. The number of nitrogens with two attached hydrogens (primary N) is 1. The molecule has 0 aliphatic rings. The molecule has 0 amide bonds. The van der Waals surface area contributed by atoms with Crippen molar-refractivity contribution in [1.29, 1.82) is 0 Å². The lowest BCUT2D eigenvalue weighted by atomic mass is 10.2. The van der Waals surface area contributed by atoms with Gasteiger partial charge in [-0.05, 0) is 25.1 Å². The molecule has 6 heteroatoms. The van der Waals surface area contributed by atoms with Crippen molar-refractivity contribution in [1.82, 2.24) is 10.1 Å². The lowest BCUT2D eigenvalue weighted by molar-refractivity contribution is 0.116. The predicted octanol–water partition coefficient (Wildman–Crippen LogP) is 2.55. The molecule has 2 aromatic rings.